The van der Waals surface area contributed by atoms with Gasteiger partial charge in [-0.05, 0) is 43.7 Å². The van der Waals surface area contributed by atoms with Crippen LogP contribution in [-0.2, 0) is 10.0 Å². The third kappa shape index (κ3) is 3.07. The summed E-state index contributed by atoms with van der Waals surface area (Å²) in [5, 5.41) is 0. The van der Waals surface area contributed by atoms with Crippen molar-refractivity contribution in [1.29, 1.82) is 0 Å². The zero-order chi connectivity index (χ0) is 14.1. The van der Waals surface area contributed by atoms with Crippen LogP contribution >= 0.6 is 11.8 Å². The highest BCUT2D eigenvalue weighted by molar-refractivity contribution is 8.00. The highest BCUT2D eigenvalue weighted by Crippen LogP contribution is 2.42. The molecule has 0 saturated heterocycles. The van der Waals surface area contributed by atoms with Crippen molar-refractivity contribution in [2.75, 3.05) is 18.5 Å². The van der Waals surface area contributed by atoms with Gasteiger partial charge in [0.15, 0.2) is 0 Å². The number of nitrogens with two attached hydrogens (primary N) is 1. The van der Waals surface area contributed by atoms with Crippen LogP contribution in [0.5, 0.6) is 0 Å². The van der Waals surface area contributed by atoms with Gasteiger partial charge in [-0.1, -0.05) is 12.5 Å². The number of anilines is 1. The number of hydrogen-bond acceptors (Lipinski definition) is 4. The largest absolute Gasteiger partial charge is 0.399 e. The maximum Gasteiger partial charge on any atom is 0.240 e. The fraction of sp³-hybridized carbons (Fsp3) is 0.538. The Kier molecular flexibility index (Phi) is 4.13. The molecule has 1 saturated carbocycles. The Morgan fingerprint density at radius 3 is 2.63 bits per heavy atom. The Balaban J connectivity index is 2.16. The van der Waals surface area contributed by atoms with Gasteiger partial charge in [0.2, 0.25) is 10.0 Å². The molecule has 19 heavy (non-hydrogen) atoms. The quantitative estimate of drug-likeness (QED) is 0.817. The second-order valence-electron chi connectivity index (χ2n) is 5.09. The number of nitrogens with one attached hydrogen (secondary N) is 1. The van der Waals surface area contributed by atoms with Crippen LogP contribution in [0.2, 0.25) is 0 Å². The summed E-state index contributed by atoms with van der Waals surface area (Å²) in [5.41, 5.74) is 6.86. The van der Waals surface area contributed by atoms with Crippen LogP contribution in [0.4, 0.5) is 5.69 Å². The predicted octanol–water partition coefficient (Wildman–Crippen LogP) is 2.14. The van der Waals surface area contributed by atoms with Crippen LogP contribution in [0.1, 0.15) is 24.8 Å². The zero-order valence-corrected chi connectivity index (χ0v) is 12.9. The van der Waals surface area contributed by atoms with Crippen LogP contribution < -0.4 is 10.5 Å². The molecule has 0 aliphatic heterocycles. The monoisotopic (exact) mass is 300 g/mol. The summed E-state index contributed by atoms with van der Waals surface area (Å²) in [7, 11) is -3.48. The minimum absolute atomic E-state index is 0.0846. The normalized spacial score (nSPS) is 18.0. The van der Waals surface area contributed by atoms with Crippen molar-refractivity contribution in [2.45, 2.75) is 35.8 Å². The van der Waals surface area contributed by atoms with Crippen molar-refractivity contribution in [3.05, 3.63) is 23.8 Å². The van der Waals surface area contributed by atoms with E-state index >= 15 is 0 Å². The standard InChI is InChI=1S/C13H20N2O2S2/c1-10-4-5-11(14)8-12(10)19(16,17)15-9-13(18-2)6-3-7-13/h4-5,8,15H,3,6-7,9,14H2,1-2H3. The second-order valence-corrected chi connectivity index (χ2v) is 8.10. The molecule has 1 aliphatic carbocycles. The van der Waals surface area contributed by atoms with Gasteiger partial charge in [-0.15, -0.1) is 0 Å². The molecule has 0 heterocycles. The summed E-state index contributed by atoms with van der Waals surface area (Å²) in [6, 6.07) is 4.96. The van der Waals surface area contributed by atoms with Crippen molar-refractivity contribution < 1.29 is 8.42 Å². The van der Waals surface area contributed by atoms with E-state index in [9.17, 15) is 8.42 Å². The smallest absolute Gasteiger partial charge is 0.240 e. The molecule has 0 aromatic heterocycles. The zero-order valence-electron chi connectivity index (χ0n) is 11.3. The van der Waals surface area contributed by atoms with Crippen molar-refractivity contribution in [1.82, 2.24) is 4.72 Å². The average Bonchev–Trinajstić information content (AvgIpc) is 2.31. The minimum Gasteiger partial charge on any atom is -0.399 e. The Morgan fingerprint density at radius 1 is 1.42 bits per heavy atom. The number of thioether (sulfide) groups is 1. The lowest BCUT2D eigenvalue weighted by Gasteiger charge is -2.40. The summed E-state index contributed by atoms with van der Waals surface area (Å²) >= 11 is 1.75. The van der Waals surface area contributed by atoms with Crippen LogP contribution in [0.15, 0.2) is 23.1 Å². The van der Waals surface area contributed by atoms with Crippen molar-refractivity contribution in [2.24, 2.45) is 0 Å². The Morgan fingerprint density at radius 2 is 2.11 bits per heavy atom. The second kappa shape index (κ2) is 5.34. The fourth-order valence-corrected chi connectivity index (χ4v) is 4.64. The van der Waals surface area contributed by atoms with E-state index in [1.807, 2.05) is 6.26 Å². The molecule has 0 radical (unpaired) electrons. The molecule has 2 rings (SSSR count). The molecule has 1 aliphatic rings. The van der Waals surface area contributed by atoms with E-state index in [0.717, 1.165) is 12.8 Å². The van der Waals surface area contributed by atoms with E-state index in [0.29, 0.717) is 17.8 Å². The Bertz CT molecular complexity index is 560. The average molecular weight is 300 g/mol. The number of sulfonamides is 1. The molecule has 1 fully saturated rings. The van der Waals surface area contributed by atoms with Gasteiger partial charge in [-0.25, -0.2) is 13.1 Å². The molecule has 106 valence electrons. The van der Waals surface area contributed by atoms with Gasteiger partial charge in [0.25, 0.3) is 0 Å². The molecule has 4 nitrogen and oxygen atoms in total. The lowest BCUT2D eigenvalue weighted by atomic mass is 9.84. The van der Waals surface area contributed by atoms with Crippen molar-refractivity contribution >= 4 is 27.5 Å². The highest BCUT2D eigenvalue weighted by Gasteiger charge is 2.37. The summed E-state index contributed by atoms with van der Waals surface area (Å²) in [4.78, 5) is 0.281. The van der Waals surface area contributed by atoms with E-state index in [1.165, 1.54) is 12.5 Å². The van der Waals surface area contributed by atoms with E-state index in [1.54, 1.807) is 30.8 Å². The first kappa shape index (κ1) is 14.7. The number of benzene rings is 1. The third-order valence-electron chi connectivity index (χ3n) is 3.78. The van der Waals surface area contributed by atoms with E-state index in [-0.39, 0.29) is 9.64 Å². The first-order valence-electron chi connectivity index (χ1n) is 6.29. The fourth-order valence-electron chi connectivity index (χ4n) is 2.23. The molecular formula is C13H20N2O2S2. The molecule has 1 aromatic carbocycles. The summed E-state index contributed by atoms with van der Waals surface area (Å²) in [6.45, 7) is 2.27. The third-order valence-corrected chi connectivity index (χ3v) is 6.75. The SMILES string of the molecule is CSC1(CNS(=O)(=O)c2cc(N)ccc2C)CCC1. The summed E-state index contributed by atoms with van der Waals surface area (Å²) in [6.07, 6.45) is 5.37. The maximum atomic E-state index is 12.3. The van der Waals surface area contributed by atoms with Crippen LogP contribution in [-0.4, -0.2) is 26.0 Å². The number of nitrogen functional groups attached to an aromatic ring is 1. The Labute approximate surface area is 119 Å². The lowest BCUT2D eigenvalue weighted by molar-refractivity contribution is 0.362. The van der Waals surface area contributed by atoms with Crippen molar-refractivity contribution in [3.8, 4) is 0 Å². The molecule has 0 unspecified atom stereocenters. The van der Waals surface area contributed by atoms with E-state index < -0.39 is 10.0 Å². The van der Waals surface area contributed by atoms with Crippen molar-refractivity contribution in [3.63, 3.8) is 0 Å². The summed E-state index contributed by atoms with van der Waals surface area (Å²) in [5.74, 6) is 0. The van der Waals surface area contributed by atoms with Crippen LogP contribution in [0.3, 0.4) is 0 Å². The van der Waals surface area contributed by atoms with Crippen LogP contribution in [0, 0.1) is 6.92 Å². The van der Waals surface area contributed by atoms with Gasteiger partial charge in [0.1, 0.15) is 0 Å². The first-order chi connectivity index (χ1) is 8.88. The van der Waals surface area contributed by atoms with E-state index in [4.69, 9.17) is 5.73 Å². The van der Waals surface area contributed by atoms with Gasteiger partial charge in [0.05, 0.1) is 4.90 Å². The predicted molar refractivity (Wildman–Crippen MR) is 80.9 cm³/mol. The van der Waals surface area contributed by atoms with Gasteiger partial charge in [0, 0.05) is 17.0 Å². The first-order valence-corrected chi connectivity index (χ1v) is 9.00. The molecule has 3 N–H and O–H groups in total. The topological polar surface area (TPSA) is 72.2 Å². The van der Waals surface area contributed by atoms with E-state index in [2.05, 4.69) is 4.72 Å². The van der Waals surface area contributed by atoms with Crippen LogP contribution in [0.25, 0.3) is 0 Å². The minimum atomic E-state index is -3.48. The van der Waals surface area contributed by atoms with Gasteiger partial charge < -0.3 is 5.73 Å². The molecule has 6 heteroatoms. The molecule has 0 atom stereocenters. The molecule has 1 aromatic rings. The Hall–Kier alpha value is -0.720. The summed E-state index contributed by atoms with van der Waals surface area (Å²) < 4.78 is 27.5. The molecule has 0 amide bonds. The molecule has 0 spiro atoms. The highest BCUT2D eigenvalue weighted by atomic mass is 32.2. The maximum absolute atomic E-state index is 12.3. The number of rotatable bonds is 5. The number of hydrogen-bond donors (Lipinski definition) is 2. The molecular weight excluding hydrogens is 280 g/mol. The molecule has 0 bridgehead atoms. The van der Waals surface area contributed by atoms with Gasteiger partial charge in [-0.2, -0.15) is 11.8 Å². The number of aryl methyl sites for hydroxylation is 1. The lowest BCUT2D eigenvalue weighted by Crippen LogP contribution is -2.45. The van der Waals surface area contributed by atoms with Gasteiger partial charge in [-0.3, -0.25) is 0 Å². The van der Waals surface area contributed by atoms with Gasteiger partial charge >= 0.3 is 0 Å².